The first-order valence-electron chi connectivity index (χ1n) is 11.9. The molecule has 0 saturated carbocycles. The van der Waals surface area contributed by atoms with Crippen molar-refractivity contribution in [1.29, 1.82) is 0 Å². The average molecular weight is 446 g/mol. The molecule has 33 heavy (non-hydrogen) atoms. The number of piperazine rings is 1. The van der Waals surface area contributed by atoms with Crippen LogP contribution < -0.4 is 14.5 Å². The number of aromatic nitrogens is 2. The number of nitrogens with zero attached hydrogens (tertiary/aromatic N) is 5. The Kier molecular flexibility index (Phi) is 6.03. The molecular formula is C26H31N5O2. The molecule has 5 rings (SSSR count). The molecule has 0 bridgehead atoms. The second-order valence-corrected chi connectivity index (χ2v) is 8.73. The third-order valence-corrected chi connectivity index (χ3v) is 6.51. The fourth-order valence-electron chi connectivity index (χ4n) is 4.80. The Labute approximate surface area is 195 Å². The highest BCUT2D eigenvalue weighted by Gasteiger charge is 2.27. The summed E-state index contributed by atoms with van der Waals surface area (Å²) in [6.07, 6.45) is 2.44. The lowest BCUT2D eigenvalue weighted by molar-refractivity contribution is 0.0744. The first-order chi connectivity index (χ1) is 16.1. The molecule has 3 aromatic rings. The number of aryl methyl sites for hydroxylation is 1. The third kappa shape index (κ3) is 4.32. The summed E-state index contributed by atoms with van der Waals surface area (Å²) >= 11 is 0. The summed E-state index contributed by atoms with van der Waals surface area (Å²) in [7, 11) is 0. The smallest absolute Gasteiger partial charge is 0.258 e. The zero-order valence-electron chi connectivity index (χ0n) is 19.5. The summed E-state index contributed by atoms with van der Waals surface area (Å²) in [6, 6.07) is 14.0. The van der Waals surface area contributed by atoms with Crippen molar-refractivity contribution in [3.8, 4) is 5.75 Å². The summed E-state index contributed by atoms with van der Waals surface area (Å²) in [5.74, 6) is 2.47. The van der Waals surface area contributed by atoms with E-state index in [1.807, 2.05) is 55.1 Å². The number of fused-ring (bicyclic) bond motifs is 1. The first kappa shape index (κ1) is 21.5. The predicted octanol–water partition coefficient (Wildman–Crippen LogP) is 3.90. The molecule has 1 amide bonds. The standard InChI is InChI=1S/C26H31N5O2/c1-3-33-22-11-10-20-8-4-5-9-21(20)24(22)25(32)30-14-16-31(17-15-30)26-27-19(2)18-23(28-26)29-12-6-7-13-29/h4-5,8-11,18H,3,6-7,12-17H2,1-2H3. The van der Waals surface area contributed by atoms with Crippen LogP contribution in [0, 0.1) is 6.92 Å². The number of amides is 1. The highest BCUT2D eigenvalue weighted by molar-refractivity contribution is 6.09. The predicted molar refractivity (Wildman–Crippen MR) is 131 cm³/mol. The van der Waals surface area contributed by atoms with E-state index in [-0.39, 0.29) is 5.91 Å². The largest absolute Gasteiger partial charge is 0.493 e. The zero-order chi connectivity index (χ0) is 22.8. The fourth-order valence-corrected chi connectivity index (χ4v) is 4.80. The second kappa shape index (κ2) is 9.25. The van der Waals surface area contributed by atoms with Gasteiger partial charge in [0.2, 0.25) is 5.95 Å². The van der Waals surface area contributed by atoms with E-state index in [0.29, 0.717) is 44.1 Å². The molecule has 2 aliphatic rings. The van der Waals surface area contributed by atoms with Crippen LogP contribution in [0.1, 0.15) is 35.8 Å². The van der Waals surface area contributed by atoms with Gasteiger partial charge in [-0.2, -0.15) is 4.98 Å². The minimum Gasteiger partial charge on any atom is -0.493 e. The van der Waals surface area contributed by atoms with E-state index in [9.17, 15) is 4.79 Å². The van der Waals surface area contributed by atoms with Crippen LogP contribution in [0.2, 0.25) is 0 Å². The van der Waals surface area contributed by atoms with E-state index in [4.69, 9.17) is 14.7 Å². The topological polar surface area (TPSA) is 61.8 Å². The number of rotatable bonds is 5. The van der Waals surface area contributed by atoms with E-state index in [2.05, 4.69) is 15.9 Å². The maximum Gasteiger partial charge on any atom is 0.258 e. The lowest BCUT2D eigenvalue weighted by atomic mass is 10.0. The number of benzene rings is 2. The van der Waals surface area contributed by atoms with Crippen molar-refractivity contribution in [2.75, 3.05) is 55.7 Å². The molecule has 0 radical (unpaired) electrons. The van der Waals surface area contributed by atoms with Gasteiger partial charge in [0.1, 0.15) is 11.6 Å². The van der Waals surface area contributed by atoms with Crippen molar-refractivity contribution in [3.05, 3.63) is 53.7 Å². The number of carbonyl (C=O) groups is 1. The maximum absolute atomic E-state index is 13.6. The minimum absolute atomic E-state index is 0.0258. The Balaban J connectivity index is 1.35. The van der Waals surface area contributed by atoms with E-state index < -0.39 is 0 Å². The van der Waals surface area contributed by atoms with Crippen LogP contribution >= 0.6 is 0 Å². The first-order valence-corrected chi connectivity index (χ1v) is 11.9. The number of hydrogen-bond donors (Lipinski definition) is 0. The molecule has 0 atom stereocenters. The molecule has 0 spiro atoms. The average Bonchev–Trinajstić information content (AvgIpc) is 3.39. The molecule has 2 aliphatic heterocycles. The van der Waals surface area contributed by atoms with Crippen molar-refractivity contribution in [1.82, 2.24) is 14.9 Å². The van der Waals surface area contributed by atoms with Crippen LogP contribution in [-0.4, -0.2) is 66.7 Å². The molecule has 172 valence electrons. The minimum atomic E-state index is 0.0258. The molecule has 0 unspecified atom stereocenters. The number of ether oxygens (including phenoxy) is 1. The van der Waals surface area contributed by atoms with Gasteiger partial charge in [-0.3, -0.25) is 4.79 Å². The lowest BCUT2D eigenvalue weighted by Crippen LogP contribution is -2.49. The van der Waals surface area contributed by atoms with Crippen LogP contribution in [0.4, 0.5) is 11.8 Å². The van der Waals surface area contributed by atoms with Crippen molar-refractivity contribution >= 4 is 28.4 Å². The highest BCUT2D eigenvalue weighted by atomic mass is 16.5. The summed E-state index contributed by atoms with van der Waals surface area (Å²) in [6.45, 7) is 9.30. The summed E-state index contributed by atoms with van der Waals surface area (Å²) in [4.78, 5) is 29.7. The van der Waals surface area contributed by atoms with Crippen LogP contribution in [0.25, 0.3) is 10.8 Å². The fraction of sp³-hybridized carbons (Fsp3) is 0.423. The van der Waals surface area contributed by atoms with Crippen LogP contribution in [0.5, 0.6) is 5.75 Å². The molecule has 0 aliphatic carbocycles. The van der Waals surface area contributed by atoms with Crippen molar-refractivity contribution in [2.24, 2.45) is 0 Å². The van der Waals surface area contributed by atoms with Gasteiger partial charge >= 0.3 is 0 Å². The number of anilines is 2. The molecule has 2 aromatic carbocycles. The van der Waals surface area contributed by atoms with Crippen LogP contribution in [0.15, 0.2) is 42.5 Å². The number of carbonyl (C=O) groups excluding carboxylic acids is 1. The quantitative estimate of drug-likeness (QED) is 0.594. The van der Waals surface area contributed by atoms with E-state index >= 15 is 0 Å². The molecule has 7 heteroatoms. The van der Waals surface area contributed by atoms with E-state index in [1.165, 1.54) is 12.8 Å². The molecule has 0 N–H and O–H groups in total. The van der Waals surface area contributed by atoms with Gasteiger partial charge in [-0.25, -0.2) is 4.98 Å². The molecule has 2 fully saturated rings. The third-order valence-electron chi connectivity index (χ3n) is 6.51. The van der Waals surface area contributed by atoms with Crippen molar-refractivity contribution in [2.45, 2.75) is 26.7 Å². The van der Waals surface area contributed by atoms with Crippen LogP contribution in [0.3, 0.4) is 0 Å². The van der Waals surface area contributed by atoms with E-state index in [1.54, 1.807) is 0 Å². The van der Waals surface area contributed by atoms with Crippen molar-refractivity contribution < 1.29 is 9.53 Å². The SMILES string of the molecule is CCOc1ccc2ccccc2c1C(=O)N1CCN(c2nc(C)cc(N3CCCC3)n2)CC1. The van der Waals surface area contributed by atoms with Gasteiger partial charge in [-0.05, 0) is 43.5 Å². The molecule has 1 aromatic heterocycles. The van der Waals surface area contributed by atoms with Gasteiger partial charge in [-0.15, -0.1) is 0 Å². The van der Waals surface area contributed by atoms with Gasteiger partial charge in [0, 0.05) is 51.0 Å². The Hall–Kier alpha value is -3.35. The van der Waals surface area contributed by atoms with E-state index in [0.717, 1.165) is 41.3 Å². The lowest BCUT2D eigenvalue weighted by Gasteiger charge is -2.35. The van der Waals surface area contributed by atoms with Gasteiger partial charge in [0.25, 0.3) is 5.91 Å². The Morgan fingerprint density at radius 1 is 0.939 bits per heavy atom. The Bertz CT molecular complexity index is 1150. The Morgan fingerprint density at radius 3 is 2.45 bits per heavy atom. The number of hydrogen-bond acceptors (Lipinski definition) is 6. The summed E-state index contributed by atoms with van der Waals surface area (Å²) in [5.41, 5.74) is 1.64. The normalized spacial score (nSPS) is 16.5. The molecule has 7 nitrogen and oxygen atoms in total. The zero-order valence-corrected chi connectivity index (χ0v) is 19.5. The van der Waals surface area contributed by atoms with Gasteiger partial charge in [-0.1, -0.05) is 30.3 Å². The molecule has 2 saturated heterocycles. The molecular weight excluding hydrogens is 414 g/mol. The second-order valence-electron chi connectivity index (χ2n) is 8.73. The van der Waals surface area contributed by atoms with Crippen molar-refractivity contribution in [3.63, 3.8) is 0 Å². The monoisotopic (exact) mass is 445 g/mol. The van der Waals surface area contributed by atoms with Gasteiger partial charge in [0.15, 0.2) is 0 Å². The van der Waals surface area contributed by atoms with Gasteiger partial charge < -0.3 is 19.4 Å². The summed E-state index contributed by atoms with van der Waals surface area (Å²) in [5, 5.41) is 1.98. The Morgan fingerprint density at radius 2 is 1.70 bits per heavy atom. The summed E-state index contributed by atoms with van der Waals surface area (Å²) < 4.78 is 5.84. The molecule has 3 heterocycles. The van der Waals surface area contributed by atoms with Crippen LogP contribution in [-0.2, 0) is 0 Å². The maximum atomic E-state index is 13.6. The van der Waals surface area contributed by atoms with Gasteiger partial charge in [0.05, 0.1) is 12.2 Å². The highest BCUT2D eigenvalue weighted by Crippen LogP contribution is 2.30.